The second-order valence-electron chi connectivity index (χ2n) is 6.64. The number of hydrogen-bond donors (Lipinski definition) is 6. The van der Waals surface area contributed by atoms with Crippen LogP contribution in [0, 0.1) is 0 Å². The topological polar surface area (TPSA) is 158 Å². The number of aliphatic hydroxyl groups is 6. The van der Waals surface area contributed by atoms with Gasteiger partial charge in [-0.1, -0.05) is 19.1 Å². The molecule has 2 saturated heterocycles. The molecular formula is C17H30O10. The zero-order chi connectivity index (χ0) is 20.0. The fraction of sp³-hybridized carbons (Fsp3) is 0.882. The summed E-state index contributed by atoms with van der Waals surface area (Å²) in [6.07, 6.45) is -6.59. The van der Waals surface area contributed by atoms with Gasteiger partial charge in [-0.3, -0.25) is 0 Å². The van der Waals surface area contributed by atoms with Crippen LogP contribution in [-0.4, -0.2) is 106 Å². The molecule has 0 spiro atoms. The highest BCUT2D eigenvalue weighted by atomic mass is 16.7. The Hall–Kier alpha value is -0.660. The van der Waals surface area contributed by atoms with Crippen LogP contribution in [0.25, 0.3) is 0 Å². The summed E-state index contributed by atoms with van der Waals surface area (Å²) in [6.45, 7) is 1.73. The molecule has 0 amide bonds. The molecular weight excluding hydrogens is 364 g/mol. The van der Waals surface area contributed by atoms with Crippen molar-refractivity contribution in [3.8, 4) is 0 Å². The molecule has 0 aliphatic carbocycles. The van der Waals surface area contributed by atoms with E-state index in [-0.39, 0.29) is 19.8 Å². The molecule has 9 atom stereocenters. The summed E-state index contributed by atoms with van der Waals surface area (Å²) in [5.74, 6) is 0. The van der Waals surface area contributed by atoms with Gasteiger partial charge >= 0.3 is 0 Å². The number of allylic oxidation sites excluding steroid dienone is 1. The molecule has 27 heavy (non-hydrogen) atoms. The van der Waals surface area contributed by atoms with Crippen LogP contribution in [0.2, 0.25) is 0 Å². The molecule has 10 nitrogen and oxygen atoms in total. The van der Waals surface area contributed by atoms with Crippen LogP contribution >= 0.6 is 0 Å². The van der Waals surface area contributed by atoms with E-state index < -0.39 is 55.3 Å². The summed E-state index contributed by atoms with van der Waals surface area (Å²) in [5, 5.41) is 59.0. The van der Waals surface area contributed by atoms with Gasteiger partial charge in [0, 0.05) is 0 Å². The van der Waals surface area contributed by atoms with Crippen molar-refractivity contribution in [2.75, 3.05) is 19.8 Å². The van der Waals surface area contributed by atoms with Crippen molar-refractivity contribution in [2.24, 2.45) is 0 Å². The Labute approximate surface area is 157 Å². The van der Waals surface area contributed by atoms with Crippen LogP contribution < -0.4 is 0 Å². The molecule has 2 fully saturated rings. The number of ether oxygens (including phenoxy) is 4. The van der Waals surface area contributed by atoms with Gasteiger partial charge in [0.05, 0.1) is 19.8 Å². The average molecular weight is 394 g/mol. The lowest BCUT2D eigenvalue weighted by Crippen LogP contribution is -2.60. The highest BCUT2D eigenvalue weighted by molar-refractivity contribution is 4.90. The second kappa shape index (κ2) is 10.8. The predicted molar refractivity (Wildman–Crippen MR) is 90.4 cm³/mol. The minimum absolute atomic E-state index is 0.227. The number of rotatable bonds is 8. The van der Waals surface area contributed by atoms with Crippen molar-refractivity contribution in [1.82, 2.24) is 0 Å². The first-order valence-corrected chi connectivity index (χ1v) is 9.10. The summed E-state index contributed by atoms with van der Waals surface area (Å²) in [5.41, 5.74) is 0. The van der Waals surface area contributed by atoms with Crippen LogP contribution in [0.15, 0.2) is 12.2 Å². The van der Waals surface area contributed by atoms with Crippen molar-refractivity contribution in [1.29, 1.82) is 0 Å². The predicted octanol–water partition coefficient (Wildman–Crippen LogP) is -2.38. The molecule has 2 rings (SSSR count). The van der Waals surface area contributed by atoms with E-state index in [1.807, 2.05) is 19.1 Å². The SMILES string of the molecule is CC/C=C\CCO[C@@H]1O[C@H](CO[C@H]2OC[C@H](O)[C@H](O)[C@H]2O)[C@@H](O)[C@H](O)[C@H]1O. The first-order valence-electron chi connectivity index (χ1n) is 9.10. The van der Waals surface area contributed by atoms with Crippen LogP contribution in [-0.2, 0) is 18.9 Å². The first-order chi connectivity index (χ1) is 12.9. The highest BCUT2D eigenvalue weighted by Gasteiger charge is 2.45. The maximum Gasteiger partial charge on any atom is 0.186 e. The maximum absolute atomic E-state index is 10.1. The van der Waals surface area contributed by atoms with E-state index in [4.69, 9.17) is 18.9 Å². The Morgan fingerprint density at radius 1 is 0.852 bits per heavy atom. The number of hydrogen-bond acceptors (Lipinski definition) is 10. The molecule has 2 heterocycles. The Balaban J connectivity index is 1.86. The van der Waals surface area contributed by atoms with Crippen molar-refractivity contribution >= 4 is 0 Å². The zero-order valence-electron chi connectivity index (χ0n) is 15.2. The van der Waals surface area contributed by atoms with Gasteiger partial charge in [0.2, 0.25) is 0 Å². The molecule has 0 unspecified atom stereocenters. The second-order valence-corrected chi connectivity index (χ2v) is 6.64. The van der Waals surface area contributed by atoms with Gasteiger partial charge in [0.15, 0.2) is 12.6 Å². The molecule has 0 aromatic rings. The molecule has 6 N–H and O–H groups in total. The summed E-state index contributed by atoms with van der Waals surface area (Å²) < 4.78 is 21.3. The van der Waals surface area contributed by atoms with Gasteiger partial charge in [-0.2, -0.15) is 0 Å². The molecule has 0 saturated carbocycles. The van der Waals surface area contributed by atoms with E-state index in [9.17, 15) is 30.6 Å². The Morgan fingerprint density at radius 2 is 1.56 bits per heavy atom. The van der Waals surface area contributed by atoms with Gasteiger partial charge in [0.1, 0.15) is 42.7 Å². The summed E-state index contributed by atoms with van der Waals surface area (Å²) >= 11 is 0. The van der Waals surface area contributed by atoms with E-state index >= 15 is 0 Å². The standard InChI is InChI=1S/C17H30O10/c1-2-3-4-5-6-24-17-15(23)13(21)12(20)10(27-17)8-26-16-14(22)11(19)9(18)7-25-16/h3-4,9-23H,2,5-8H2,1H3/b4-3-/t9-,10+,11-,12+,13-,14+,15+,16+,17+/m0/s1. The lowest BCUT2D eigenvalue weighted by atomic mass is 9.99. The van der Waals surface area contributed by atoms with Crippen LogP contribution in [0.4, 0.5) is 0 Å². The van der Waals surface area contributed by atoms with Crippen molar-refractivity contribution < 1.29 is 49.6 Å². The van der Waals surface area contributed by atoms with Gasteiger partial charge in [-0.05, 0) is 12.8 Å². The molecule has 0 aromatic heterocycles. The Bertz CT molecular complexity index is 461. The quantitative estimate of drug-likeness (QED) is 0.194. The lowest BCUT2D eigenvalue weighted by molar-refractivity contribution is -0.320. The highest BCUT2D eigenvalue weighted by Crippen LogP contribution is 2.24. The lowest BCUT2D eigenvalue weighted by Gasteiger charge is -2.41. The molecule has 0 bridgehead atoms. The summed E-state index contributed by atoms with van der Waals surface area (Å²) in [7, 11) is 0. The normalized spacial score (nSPS) is 43.3. The van der Waals surface area contributed by atoms with E-state index in [2.05, 4.69) is 0 Å². The summed E-state index contributed by atoms with van der Waals surface area (Å²) in [4.78, 5) is 0. The van der Waals surface area contributed by atoms with Gasteiger partial charge in [-0.15, -0.1) is 0 Å². The maximum atomic E-state index is 10.1. The van der Waals surface area contributed by atoms with Crippen LogP contribution in [0.5, 0.6) is 0 Å². The third kappa shape index (κ3) is 5.91. The molecule has 158 valence electrons. The summed E-state index contributed by atoms with van der Waals surface area (Å²) in [6, 6.07) is 0. The van der Waals surface area contributed by atoms with Gasteiger partial charge in [0.25, 0.3) is 0 Å². The van der Waals surface area contributed by atoms with Crippen molar-refractivity contribution in [3.05, 3.63) is 12.2 Å². The van der Waals surface area contributed by atoms with Gasteiger partial charge < -0.3 is 49.6 Å². The minimum atomic E-state index is -1.51. The first kappa shape index (κ1) is 22.6. The van der Waals surface area contributed by atoms with Crippen LogP contribution in [0.3, 0.4) is 0 Å². The Kier molecular flexibility index (Phi) is 9.02. The minimum Gasteiger partial charge on any atom is -0.388 e. The number of aliphatic hydroxyl groups excluding tert-OH is 6. The van der Waals surface area contributed by atoms with E-state index in [1.54, 1.807) is 0 Å². The van der Waals surface area contributed by atoms with Crippen LogP contribution in [0.1, 0.15) is 19.8 Å². The molecule has 2 aliphatic heterocycles. The van der Waals surface area contributed by atoms with Crippen molar-refractivity contribution in [3.63, 3.8) is 0 Å². The smallest absolute Gasteiger partial charge is 0.186 e. The molecule has 2 aliphatic rings. The third-order valence-electron chi connectivity index (χ3n) is 4.52. The van der Waals surface area contributed by atoms with E-state index in [0.29, 0.717) is 6.42 Å². The fourth-order valence-corrected chi connectivity index (χ4v) is 2.84. The van der Waals surface area contributed by atoms with E-state index in [1.165, 1.54) is 0 Å². The molecule has 0 aromatic carbocycles. The third-order valence-corrected chi connectivity index (χ3v) is 4.52. The fourth-order valence-electron chi connectivity index (χ4n) is 2.84. The Morgan fingerprint density at radius 3 is 2.26 bits per heavy atom. The van der Waals surface area contributed by atoms with Crippen molar-refractivity contribution in [2.45, 2.75) is 75.1 Å². The zero-order valence-corrected chi connectivity index (χ0v) is 15.2. The largest absolute Gasteiger partial charge is 0.388 e. The molecule has 10 heteroatoms. The average Bonchev–Trinajstić information content (AvgIpc) is 2.66. The monoisotopic (exact) mass is 394 g/mol. The van der Waals surface area contributed by atoms with E-state index in [0.717, 1.165) is 6.42 Å². The molecule has 0 radical (unpaired) electrons. The van der Waals surface area contributed by atoms with Gasteiger partial charge in [-0.25, -0.2) is 0 Å².